The van der Waals surface area contributed by atoms with Crippen molar-refractivity contribution < 1.29 is 24.4 Å². The number of aliphatic hydroxyl groups excluding tert-OH is 1. The van der Waals surface area contributed by atoms with Crippen LogP contribution in [0.25, 0.3) is 0 Å². The third-order valence-corrected chi connectivity index (χ3v) is 2.47. The lowest BCUT2D eigenvalue weighted by atomic mass is 10.1. The Bertz CT molecular complexity index is 342. The maximum atomic E-state index is 10.0. The molecule has 0 bridgehead atoms. The first-order valence-electron chi connectivity index (χ1n) is 5.53. The molecule has 2 atom stereocenters. The quantitative estimate of drug-likeness (QED) is 0.526. The summed E-state index contributed by atoms with van der Waals surface area (Å²) in [6.45, 7) is 0.969. The first-order chi connectivity index (χ1) is 8.27. The third kappa shape index (κ3) is 3.02. The van der Waals surface area contributed by atoms with Crippen LogP contribution in [0, 0.1) is 0 Å². The Kier molecular flexibility index (Phi) is 4.09. The predicted octanol–water partition coefficient (Wildman–Crippen LogP) is 0.213. The predicted molar refractivity (Wildman–Crippen MR) is 59.1 cm³/mol. The molecule has 94 valence electrons. The molecule has 0 aliphatic carbocycles. The van der Waals surface area contributed by atoms with Crippen LogP contribution in [0.2, 0.25) is 0 Å². The zero-order valence-electron chi connectivity index (χ0n) is 9.41. The molecule has 1 heterocycles. The van der Waals surface area contributed by atoms with E-state index in [1.807, 2.05) is 18.2 Å². The van der Waals surface area contributed by atoms with Gasteiger partial charge in [-0.25, -0.2) is 0 Å². The molecular formula is C12H16O5. The highest BCUT2D eigenvalue weighted by Gasteiger charge is 2.58. The van der Waals surface area contributed by atoms with Crippen molar-refractivity contribution in [3.05, 3.63) is 35.9 Å². The summed E-state index contributed by atoms with van der Waals surface area (Å²) in [6, 6.07) is 9.10. The summed E-state index contributed by atoms with van der Waals surface area (Å²) in [7, 11) is 0. The van der Waals surface area contributed by atoms with Gasteiger partial charge in [0.1, 0.15) is 0 Å². The summed E-state index contributed by atoms with van der Waals surface area (Å²) in [5, 5.41) is 18.5. The molecule has 2 rings (SSSR count). The lowest BCUT2D eigenvalue weighted by molar-refractivity contribution is -0.00705. The standard InChI is InChI=1S/C12H16O5/c13-6-7-15-8-9-16-11-12(14,17-11)10-4-2-1-3-5-10/h1-5,11,13-14H,6-9H2. The molecule has 0 saturated carbocycles. The first-order valence-corrected chi connectivity index (χ1v) is 5.53. The zero-order chi connectivity index (χ0) is 12.1. The van der Waals surface area contributed by atoms with Gasteiger partial charge in [-0.15, -0.1) is 0 Å². The van der Waals surface area contributed by atoms with Crippen LogP contribution in [0.3, 0.4) is 0 Å². The van der Waals surface area contributed by atoms with Crippen molar-refractivity contribution in [2.24, 2.45) is 0 Å². The SMILES string of the molecule is OCCOCCOC1OC1(O)c1ccccc1. The van der Waals surface area contributed by atoms with E-state index in [0.717, 1.165) is 0 Å². The van der Waals surface area contributed by atoms with Gasteiger partial charge >= 0.3 is 0 Å². The fourth-order valence-electron chi connectivity index (χ4n) is 1.54. The molecule has 1 aromatic carbocycles. The van der Waals surface area contributed by atoms with Crippen LogP contribution in [0.5, 0.6) is 0 Å². The molecule has 5 heteroatoms. The van der Waals surface area contributed by atoms with Crippen molar-refractivity contribution in [3.63, 3.8) is 0 Å². The van der Waals surface area contributed by atoms with Crippen LogP contribution >= 0.6 is 0 Å². The maximum absolute atomic E-state index is 10.0. The third-order valence-electron chi connectivity index (χ3n) is 2.47. The molecule has 0 amide bonds. The Labute approximate surface area is 99.5 Å². The minimum absolute atomic E-state index is 0.00607. The van der Waals surface area contributed by atoms with E-state index in [1.165, 1.54) is 0 Å². The number of benzene rings is 1. The van der Waals surface area contributed by atoms with Gasteiger partial charge in [0, 0.05) is 5.56 Å². The van der Waals surface area contributed by atoms with E-state index >= 15 is 0 Å². The van der Waals surface area contributed by atoms with Crippen molar-refractivity contribution in [1.82, 2.24) is 0 Å². The Morgan fingerprint density at radius 1 is 1.18 bits per heavy atom. The molecule has 0 radical (unpaired) electrons. The fourth-order valence-corrected chi connectivity index (χ4v) is 1.54. The summed E-state index contributed by atoms with van der Waals surface area (Å²) >= 11 is 0. The zero-order valence-corrected chi connectivity index (χ0v) is 9.41. The van der Waals surface area contributed by atoms with E-state index in [0.29, 0.717) is 18.8 Å². The van der Waals surface area contributed by atoms with Crippen LogP contribution in [0.15, 0.2) is 30.3 Å². The first kappa shape index (κ1) is 12.5. The summed E-state index contributed by atoms with van der Waals surface area (Å²) in [5.74, 6) is -1.32. The van der Waals surface area contributed by atoms with E-state index in [-0.39, 0.29) is 13.2 Å². The van der Waals surface area contributed by atoms with Gasteiger partial charge in [-0.3, -0.25) is 0 Å². The average Bonchev–Trinajstić information content (AvgIpc) is 3.03. The van der Waals surface area contributed by atoms with Crippen LogP contribution in [-0.2, 0) is 20.0 Å². The molecule has 5 nitrogen and oxygen atoms in total. The number of hydrogen-bond donors (Lipinski definition) is 2. The van der Waals surface area contributed by atoms with Crippen molar-refractivity contribution in [3.8, 4) is 0 Å². The smallest absolute Gasteiger partial charge is 0.248 e. The van der Waals surface area contributed by atoms with Crippen molar-refractivity contribution in [2.75, 3.05) is 26.4 Å². The highest BCUT2D eigenvalue weighted by atomic mass is 16.9. The Morgan fingerprint density at radius 3 is 2.65 bits per heavy atom. The molecule has 2 unspecified atom stereocenters. The lowest BCUT2D eigenvalue weighted by Crippen LogP contribution is -2.16. The number of hydrogen-bond acceptors (Lipinski definition) is 5. The average molecular weight is 240 g/mol. The topological polar surface area (TPSA) is 71.5 Å². The summed E-state index contributed by atoms with van der Waals surface area (Å²) in [6.07, 6.45) is -0.636. The molecule has 1 aliphatic rings. The van der Waals surface area contributed by atoms with E-state index < -0.39 is 12.1 Å². The van der Waals surface area contributed by atoms with E-state index in [9.17, 15) is 5.11 Å². The monoisotopic (exact) mass is 240 g/mol. The molecule has 0 spiro atoms. The highest BCUT2D eigenvalue weighted by molar-refractivity contribution is 5.24. The van der Waals surface area contributed by atoms with Crippen molar-refractivity contribution in [2.45, 2.75) is 12.1 Å². The summed E-state index contributed by atoms with van der Waals surface area (Å²) in [4.78, 5) is 0. The van der Waals surface area contributed by atoms with E-state index in [2.05, 4.69) is 0 Å². The van der Waals surface area contributed by atoms with Gasteiger partial charge in [0.15, 0.2) is 0 Å². The minimum Gasteiger partial charge on any atom is -0.394 e. The minimum atomic E-state index is -1.32. The van der Waals surface area contributed by atoms with Gasteiger partial charge < -0.3 is 24.4 Å². The molecule has 1 fully saturated rings. The van der Waals surface area contributed by atoms with E-state index in [4.69, 9.17) is 19.3 Å². The second-order valence-corrected chi connectivity index (χ2v) is 3.72. The van der Waals surface area contributed by atoms with Gasteiger partial charge in [-0.2, -0.15) is 0 Å². The van der Waals surface area contributed by atoms with Crippen molar-refractivity contribution >= 4 is 0 Å². The lowest BCUT2D eigenvalue weighted by Gasteiger charge is -2.06. The molecule has 1 aromatic rings. The maximum Gasteiger partial charge on any atom is 0.248 e. The van der Waals surface area contributed by atoms with Gasteiger partial charge in [-0.05, 0) is 0 Å². The number of aliphatic hydroxyl groups is 2. The Morgan fingerprint density at radius 2 is 1.94 bits per heavy atom. The van der Waals surface area contributed by atoms with Crippen LogP contribution in [-0.4, -0.2) is 42.9 Å². The molecule has 17 heavy (non-hydrogen) atoms. The van der Waals surface area contributed by atoms with Gasteiger partial charge in [0.2, 0.25) is 12.1 Å². The van der Waals surface area contributed by atoms with Crippen LogP contribution in [0.4, 0.5) is 0 Å². The number of ether oxygens (including phenoxy) is 3. The Hall–Kier alpha value is -0.980. The van der Waals surface area contributed by atoms with Gasteiger partial charge in [-0.1, -0.05) is 30.3 Å². The van der Waals surface area contributed by atoms with Gasteiger partial charge in [0.25, 0.3) is 0 Å². The Balaban J connectivity index is 1.72. The summed E-state index contributed by atoms with van der Waals surface area (Å²) in [5.41, 5.74) is 0.682. The molecule has 1 aliphatic heterocycles. The number of epoxide rings is 1. The highest BCUT2D eigenvalue weighted by Crippen LogP contribution is 2.43. The largest absolute Gasteiger partial charge is 0.394 e. The summed E-state index contributed by atoms with van der Waals surface area (Å²) < 4.78 is 15.4. The van der Waals surface area contributed by atoms with E-state index in [1.54, 1.807) is 12.1 Å². The molecular weight excluding hydrogens is 224 g/mol. The van der Waals surface area contributed by atoms with Crippen LogP contribution < -0.4 is 0 Å². The second-order valence-electron chi connectivity index (χ2n) is 3.72. The molecule has 1 saturated heterocycles. The fraction of sp³-hybridized carbons (Fsp3) is 0.500. The second kappa shape index (κ2) is 5.57. The molecule has 2 N–H and O–H groups in total. The number of rotatable bonds is 7. The van der Waals surface area contributed by atoms with Crippen LogP contribution in [0.1, 0.15) is 5.56 Å². The molecule has 0 aromatic heterocycles. The normalized spacial score (nSPS) is 27.1. The van der Waals surface area contributed by atoms with Gasteiger partial charge in [0.05, 0.1) is 26.4 Å². The van der Waals surface area contributed by atoms with Crippen molar-refractivity contribution in [1.29, 1.82) is 0 Å².